The highest BCUT2D eigenvalue weighted by molar-refractivity contribution is 5.44. The van der Waals surface area contributed by atoms with Gasteiger partial charge >= 0.3 is 0 Å². The normalized spacial score (nSPS) is 12.1. The number of nitrogens with one attached hydrogen (secondary N) is 1. The van der Waals surface area contributed by atoms with Crippen LogP contribution in [0.25, 0.3) is 0 Å². The van der Waals surface area contributed by atoms with Gasteiger partial charge in [0.25, 0.3) is 0 Å². The number of likely N-dealkylation sites (N-methyl/N-ethyl adjacent to an activating group) is 1. The molecule has 0 aliphatic rings. The van der Waals surface area contributed by atoms with E-state index in [1.165, 1.54) is 0 Å². The van der Waals surface area contributed by atoms with Crippen LogP contribution in [0, 0.1) is 6.92 Å². The predicted octanol–water partition coefficient (Wildman–Crippen LogP) is 2.87. The average Bonchev–Trinajstić information content (AvgIpc) is 2.50. The lowest BCUT2D eigenvalue weighted by Gasteiger charge is -2.21. The fraction of sp³-hybridized carbons (Fsp3) is 0.353. The van der Waals surface area contributed by atoms with E-state index < -0.39 is 0 Å². The first-order valence-corrected chi connectivity index (χ1v) is 7.23. The molecule has 0 radical (unpaired) electrons. The van der Waals surface area contributed by atoms with Crippen molar-refractivity contribution in [2.45, 2.75) is 26.3 Å². The highest BCUT2D eigenvalue weighted by Crippen LogP contribution is 2.27. The Labute approximate surface area is 126 Å². The summed E-state index contributed by atoms with van der Waals surface area (Å²) in [6, 6.07) is 10.3. The number of hydrogen-bond acceptors (Lipinski definition) is 4. The zero-order valence-corrected chi connectivity index (χ0v) is 12.9. The quantitative estimate of drug-likeness (QED) is 0.857. The molecule has 0 bridgehead atoms. The lowest BCUT2D eigenvalue weighted by atomic mass is 9.97. The molecule has 0 saturated carbocycles. The van der Waals surface area contributed by atoms with Crippen LogP contribution in [0.15, 0.2) is 36.5 Å². The maximum atomic E-state index is 6.06. The highest BCUT2D eigenvalue weighted by atomic mass is 16.5. The molecule has 4 heteroatoms. The van der Waals surface area contributed by atoms with Gasteiger partial charge < -0.3 is 15.8 Å². The van der Waals surface area contributed by atoms with E-state index >= 15 is 0 Å². The van der Waals surface area contributed by atoms with Crippen LogP contribution in [0.4, 0.5) is 5.82 Å². The first kappa shape index (κ1) is 15.3. The van der Waals surface area contributed by atoms with E-state index in [-0.39, 0.29) is 6.04 Å². The van der Waals surface area contributed by atoms with Crippen molar-refractivity contribution in [2.24, 2.45) is 0 Å². The Morgan fingerprint density at radius 2 is 2.10 bits per heavy atom. The van der Waals surface area contributed by atoms with E-state index in [2.05, 4.69) is 29.4 Å². The minimum atomic E-state index is 0.124. The van der Waals surface area contributed by atoms with Gasteiger partial charge in [-0.05, 0) is 43.1 Å². The molecule has 3 N–H and O–H groups in total. The second-order valence-corrected chi connectivity index (χ2v) is 5.11. The van der Waals surface area contributed by atoms with Gasteiger partial charge in [0.15, 0.2) is 0 Å². The van der Waals surface area contributed by atoms with Crippen molar-refractivity contribution >= 4 is 5.82 Å². The van der Waals surface area contributed by atoms with Gasteiger partial charge in [0.2, 0.25) is 0 Å². The number of methoxy groups -OCH3 is 1. The second kappa shape index (κ2) is 7.09. The first-order chi connectivity index (χ1) is 10.2. The standard InChI is InChI=1S/C17H23N3O/c1-4-19-15(14-9-12(2)11-20-17(14)18)10-13-7-5-6-8-16(13)21-3/h5-9,11,15,19H,4,10H2,1-3H3,(H2,18,20). The van der Waals surface area contributed by atoms with E-state index in [1.807, 2.05) is 25.1 Å². The average molecular weight is 285 g/mol. The molecule has 2 aromatic rings. The Bertz CT molecular complexity index is 598. The Morgan fingerprint density at radius 3 is 2.81 bits per heavy atom. The first-order valence-electron chi connectivity index (χ1n) is 7.23. The number of aromatic nitrogens is 1. The minimum Gasteiger partial charge on any atom is -0.496 e. The van der Waals surface area contributed by atoms with Gasteiger partial charge in [0, 0.05) is 17.8 Å². The molecule has 0 fully saturated rings. The third-order valence-electron chi connectivity index (χ3n) is 3.53. The summed E-state index contributed by atoms with van der Waals surface area (Å²) < 4.78 is 5.44. The number of anilines is 1. The molecule has 2 rings (SSSR count). The molecule has 0 amide bonds. The van der Waals surface area contributed by atoms with Gasteiger partial charge in [-0.1, -0.05) is 25.1 Å². The molecule has 0 aliphatic carbocycles. The van der Waals surface area contributed by atoms with Crippen molar-refractivity contribution in [2.75, 3.05) is 19.4 Å². The van der Waals surface area contributed by atoms with Crippen molar-refractivity contribution in [1.82, 2.24) is 10.3 Å². The smallest absolute Gasteiger partial charge is 0.128 e. The third kappa shape index (κ3) is 3.73. The largest absolute Gasteiger partial charge is 0.496 e. The molecular weight excluding hydrogens is 262 g/mol. The van der Waals surface area contributed by atoms with Gasteiger partial charge in [0.1, 0.15) is 11.6 Å². The van der Waals surface area contributed by atoms with E-state index in [1.54, 1.807) is 13.3 Å². The van der Waals surface area contributed by atoms with Crippen molar-refractivity contribution in [1.29, 1.82) is 0 Å². The molecule has 1 aromatic heterocycles. The Hall–Kier alpha value is -2.07. The van der Waals surface area contributed by atoms with Crippen molar-refractivity contribution in [3.8, 4) is 5.75 Å². The number of rotatable bonds is 6. The molecule has 0 aliphatic heterocycles. The van der Waals surface area contributed by atoms with Crippen LogP contribution >= 0.6 is 0 Å². The summed E-state index contributed by atoms with van der Waals surface area (Å²) in [7, 11) is 1.70. The lowest BCUT2D eigenvalue weighted by molar-refractivity contribution is 0.405. The van der Waals surface area contributed by atoms with Gasteiger partial charge in [-0.3, -0.25) is 0 Å². The molecule has 1 atom stereocenters. The van der Waals surface area contributed by atoms with E-state index in [4.69, 9.17) is 10.5 Å². The summed E-state index contributed by atoms with van der Waals surface area (Å²) in [5, 5.41) is 3.49. The second-order valence-electron chi connectivity index (χ2n) is 5.11. The third-order valence-corrected chi connectivity index (χ3v) is 3.53. The van der Waals surface area contributed by atoms with Gasteiger partial charge in [0.05, 0.1) is 7.11 Å². The molecule has 0 spiro atoms. The molecule has 112 valence electrons. The molecule has 0 saturated heterocycles. The predicted molar refractivity (Wildman–Crippen MR) is 86.5 cm³/mol. The molecule has 1 aromatic carbocycles. The van der Waals surface area contributed by atoms with Crippen LogP contribution < -0.4 is 15.8 Å². The number of nitrogens with two attached hydrogens (primary N) is 1. The fourth-order valence-corrected chi connectivity index (χ4v) is 2.51. The van der Waals surface area contributed by atoms with Crippen LogP contribution in [-0.4, -0.2) is 18.6 Å². The molecular formula is C17H23N3O. The van der Waals surface area contributed by atoms with Crippen LogP contribution in [0.5, 0.6) is 5.75 Å². The number of hydrogen-bond donors (Lipinski definition) is 2. The van der Waals surface area contributed by atoms with Crippen molar-refractivity contribution in [3.63, 3.8) is 0 Å². The maximum Gasteiger partial charge on any atom is 0.128 e. The number of aryl methyl sites for hydroxylation is 1. The number of para-hydroxylation sites is 1. The zero-order chi connectivity index (χ0) is 15.2. The molecule has 1 unspecified atom stereocenters. The zero-order valence-electron chi connectivity index (χ0n) is 12.9. The Morgan fingerprint density at radius 1 is 1.33 bits per heavy atom. The molecule has 1 heterocycles. The monoisotopic (exact) mass is 285 g/mol. The van der Waals surface area contributed by atoms with Gasteiger partial charge in [-0.15, -0.1) is 0 Å². The minimum absolute atomic E-state index is 0.124. The van der Waals surface area contributed by atoms with Crippen LogP contribution in [0.3, 0.4) is 0 Å². The maximum absolute atomic E-state index is 6.06. The summed E-state index contributed by atoms with van der Waals surface area (Å²) in [6.07, 6.45) is 2.61. The molecule has 4 nitrogen and oxygen atoms in total. The van der Waals surface area contributed by atoms with Gasteiger partial charge in [-0.2, -0.15) is 0 Å². The topological polar surface area (TPSA) is 60.2 Å². The Kier molecular flexibility index (Phi) is 5.17. The number of nitrogen functional groups attached to an aromatic ring is 1. The highest BCUT2D eigenvalue weighted by Gasteiger charge is 2.17. The Balaban J connectivity index is 2.33. The van der Waals surface area contributed by atoms with E-state index in [0.717, 1.165) is 35.4 Å². The lowest BCUT2D eigenvalue weighted by Crippen LogP contribution is -2.24. The van der Waals surface area contributed by atoms with Crippen LogP contribution in [0.2, 0.25) is 0 Å². The van der Waals surface area contributed by atoms with Gasteiger partial charge in [-0.25, -0.2) is 4.98 Å². The summed E-state index contributed by atoms with van der Waals surface area (Å²) in [5.41, 5.74) is 9.38. The number of pyridine rings is 1. The van der Waals surface area contributed by atoms with Crippen LogP contribution in [0.1, 0.15) is 29.7 Å². The number of ether oxygens (including phenoxy) is 1. The van der Waals surface area contributed by atoms with Crippen LogP contribution in [-0.2, 0) is 6.42 Å². The van der Waals surface area contributed by atoms with E-state index in [9.17, 15) is 0 Å². The van der Waals surface area contributed by atoms with Crippen molar-refractivity contribution in [3.05, 3.63) is 53.2 Å². The molecule has 21 heavy (non-hydrogen) atoms. The summed E-state index contributed by atoms with van der Waals surface area (Å²) >= 11 is 0. The number of nitrogens with zero attached hydrogens (tertiary/aromatic N) is 1. The summed E-state index contributed by atoms with van der Waals surface area (Å²) in [4.78, 5) is 4.27. The summed E-state index contributed by atoms with van der Waals surface area (Å²) in [6.45, 7) is 4.99. The number of benzene rings is 1. The van der Waals surface area contributed by atoms with E-state index in [0.29, 0.717) is 5.82 Å². The SMILES string of the molecule is CCNC(Cc1ccccc1OC)c1cc(C)cnc1N. The fourth-order valence-electron chi connectivity index (χ4n) is 2.51. The van der Waals surface area contributed by atoms with Crippen molar-refractivity contribution < 1.29 is 4.74 Å². The summed E-state index contributed by atoms with van der Waals surface area (Å²) in [5.74, 6) is 1.49.